The van der Waals surface area contributed by atoms with Crippen molar-refractivity contribution in [3.63, 3.8) is 0 Å². The first-order chi connectivity index (χ1) is 8.69. The fourth-order valence-corrected chi connectivity index (χ4v) is 3.56. The molecule has 2 unspecified atom stereocenters. The van der Waals surface area contributed by atoms with Gasteiger partial charge in [-0.05, 0) is 50.6 Å². The normalized spacial score (nSPS) is 23.5. The Morgan fingerprint density at radius 2 is 1.78 bits per heavy atom. The van der Waals surface area contributed by atoms with Gasteiger partial charge in [0, 0.05) is 12.4 Å². The number of halogens is 1. The third kappa shape index (κ3) is 3.73. The number of benzene rings is 1. The Balaban J connectivity index is 1.81. The molecule has 1 aromatic rings. The second-order valence-corrected chi connectivity index (χ2v) is 6.04. The molecule has 0 radical (unpaired) electrons. The van der Waals surface area contributed by atoms with Crippen molar-refractivity contribution >= 4 is 11.6 Å². The van der Waals surface area contributed by atoms with Gasteiger partial charge in [-0.15, -0.1) is 11.6 Å². The van der Waals surface area contributed by atoms with Crippen LogP contribution in [-0.2, 0) is 6.54 Å². The van der Waals surface area contributed by atoms with E-state index in [1.54, 1.807) is 0 Å². The van der Waals surface area contributed by atoms with Gasteiger partial charge < -0.3 is 5.32 Å². The van der Waals surface area contributed by atoms with E-state index in [2.05, 4.69) is 37.4 Å². The molecule has 0 bridgehead atoms. The Labute approximate surface area is 116 Å². The largest absolute Gasteiger partial charge is 0.312 e. The van der Waals surface area contributed by atoms with Crippen molar-refractivity contribution in [2.75, 3.05) is 12.4 Å². The Morgan fingerprint density at radius 1 is 1.11 bits per heavy atom. The summed E-state index contributed by atoms with van der Waals surface area (Å²) in [6.45, 7) is 6.42. The van der Waals surface area contributed by atoms with Crippen molar-refractivity contribution in [1.82, 2.24) is 5.32 Å². The van der Waals surface area contributed by atoms with Gasteiger partial charge in [-0.25, -0.2) is 0 Å². The number of rotatable bonds is 5. The Hall–Kier alpha value is -0.530. The van der Waals surface area contributed by atoms with Crippen LogP contribution in [0.3, 0.4) is 0 Å². The van der Waals surface area contributed by atoms with Crippen molar-refractivity contribution in [3.05, 3.63) is 34.9 Å². The van der Waals surface area contributed by atoms with Crippen molar-refractivity contribution in [3.8, 4) is 0 Å². The summed E-state index contributed by atoms with van der Waals surface area (Å²) in [5.74, 6) is 2.35. The Bertz CT molecular complexity index is 368. The molecule has 1 aliphatic carbocycles. The van der Waals surface area contributed by atoms with Crippen molar-refractivity contribution in [1.29, 1.82) is 0 Å². The van der Waals surface area contributed by atoms with Crippen LogP contribution in [0.2, 0.25) is 0 Å². The van der Waals surface area contributed by atoms with E-state index in [0.29, 0.717) is 0 Å². The van der Waals surface area contributed by atoms with E-state index < -0.39 is 0 Å². The summed E-state index contributed by atoms with van der Waals surface area (Å²) in [5.41, 5.74) is 4.10. The molecule has 2 atom stereocenters. The minimum atomic E-state index is 0.735. The molecule has 2 rings (SSSR count). The molecular formula is C16H24ClN. The third-order valence-corrected chi connectivity index (χ3v) is 4.43. The maximum Gasteiger partial charge on any atom is 0.0254 e. The highest BCUT2D eigenvalue weighted by atomic mass is 35.5. The van der Waals surface area contributed by atoms with Gasteiger partial charge in [-0.3, -0.25) is 0 Å². The van der Waals surface area contributed by atoms with Gasteiger partial charge in [-0.2, -0.15) is 0 Å². The van der Waals surface area contributed by atoms with Crippen LogP contribution in [0, 0.1) is 25.7 Å². The molecule has 2 heteroatoms. The molecule has 1 N–H and O–H groups in total. The zero-order chi connectivity index (χ0) is 13.0. The van der Waals surface area contributed by atoms with Crippen LogP contribution >= 0.6 is 11.6 Å². The van der Waals surface area contributed by atoms with Gasteiger partial charge >= 0.3 is 0 Å². The first-order valence-corrected chi connectivity index (χ1v) is 7.56. The molecule has 0 aromatic heterocycles. The lowest BCUT2D eigenvalue weighted by Gasteiger charge is -2.17. The number of alkyl halides is 1. The van der Waals surface area contributed by atoms with E-state index in [1.807, 2.05) is 0 Å². The van der Waals surface area contributed by atoms with Crippen LogP contribution in [-0.4, -0.2) is 12.4 Å². The minimum Gasteiger partial charge on any atom is -0.312 e. The Kier molecular flexibility index (Phi) is 5.08. The van der Waals surface area contributed by atoms with Gasteiger partial charge in [0.1, 0.15) is 0 Å². The van der Waals surface area contributed by atoms with Gasteiger partial charge in [0.05, 0.1) is 0 Å². The topological polar surface area (TPSA) is 12.0 Å². The zero-order valence-corrected chi connectivity index (χ0v) is 12.3. The second-order valence-electron chi connectivity index (χ2n) is 5.73. The molecule has 0 spiro atoms. The molecule has 0 aliphatic heterocycles. The summed E-state index contributed by atoms with van der Waals surface area (Å²) >= 11 is 6.01. The van der Waals surface area contributed by atoms with Gasteiger partial charge in [0.25, 0.3) is 0 Å². The van der Waals surface area contributed by atoms with E-state index in [-0.39, 0.29) is 0 Å². The van der Waals surface area contributed by atoms with E-state index in [1.165, 1.54) is 36.0 Å². The summed E-state index contributed by atoms with van der Waals surface area (Å²) in [7, 11) is 0. The second kappa shape index (κ2) is 6.58. The highest BCUT2D eigenvalue weighted by Gasteiger charge is 2.25. The molecule has 1 aromatic carbocycles. The summed E-state index contributed by atoms with van der Waals surface area (Å²) in [6, 6.07) is 6.77. The minimum absolute atomic E-state index is 0.735. The molecule has 100 valence electrons. The van der Waals surface area contributed by atoms with Crippen molar-refractivity contribution in [2.24, 2.45) is 11.8 Å². The SMILES string of the molecule is Cc1cc(C)cc(CNCC2CCCC2CCl)c1. The van der Waals surface area contributed by atoms with Crippen molar-refractivity contribution < 1.29 is 0 Å². The van der Waals surface area contributed by atoms with Crippen LogP contribution in [0.4, 0.5) is 0 Å². The van der Waals surface area contributed by atoms with E-state index >= 15 is 0 Å². The van der Waals surface area contributed by atoms with Crippen LogP contribution < -0.4 is 5.32 Å². The molecule has 1 fully saturated rings. The Morgan fingerprint density at radius 3 is 2.44 bits per heavy atom. The first-order valence-electron chi connectivity index (χ1n) is 7.03. The van der Waals surface area contributed by atoms with Gasteiger partial charge in [0.15, 0.2) is 0 Å². The number of hydrogen-bond donors (Lipinski definition) is 1. The number of aryl methyl sites for hydroxylation is 2. The molecule has 0 heterocycles. The maximum atomic E-state index is 6.01. The average molecular weight is 266 g/mol. The van der Waals surface area contributed by atoms with E-state index in [9.17, 15) is 0 Å². The van der Waals surface area contributed by atoms with Gasteiger partial charge in [0.2, 0.25) is 0 Å². The fourth-order valence-electron chi connectivity index (χ4n) is 3.16. The summed E-state index contributed by atoms with van der Waals surface area (Å²) in [6.07, 6.45) is 4.02. The highest BCUT2D eigenvalue weighted by Crippen LogP contribution is 2.31. The molecule has 1 nitrogen and oxygen atoms in total. The average Bonchev–Trinajstić information content (AvgIpc) is 2.75. The lowest BCUT2D eigenvalue weighted by Crippen LogP contribution is -2.25. The quantitative estimate of drug-likeness (QED) is 0.792. The van der Waals surface area contributed by atoms with Crippen LogP contribution in [0.5, 0.6) is 0 Å². The smallest absolute Gasteiger partial charge is 0.0254 e. The first kappa shape index (κ1) is 13.9. The maximum absolute atomic E-state index is 6.01. The standard InChI is InChI=1S/C16H24ClN/c1-12-6-13(2)8-14(7-12)10-18-11-16-5-3-4-15(16)9-17/h6-8,15-16,18H,3-5,9-11H2,1-2H3. The van der Waals surface area contributed by atoms with Crippen LogP contribution in [0.1, 0.15) is 36.0 Å². The third-order valence-electron chi connectivity index (χ3n) is 4.03. The zero-order valence-electron chi connectivity index (χ0n) is 11.5. The van der Waals surface area contributed by atoms with E-state index in [4.69, 9.17) is 11.6 Å². The monoisotopic (exact) mass is 265 g/mol. The van der Waals surface area contributed by atoms with Crippen LogP contribution in [0.25, 0.3) is 0 Å². The molecule has 1 aliphatic rings. The molecule has 0 saturated heterocycles. The predicted octanol–water partition coefficient (Wildman–Crippen LogP) is 4.05. The highest BCUT2D eigenvalue weighted by molar-refractivity contribution is 6.18. The van der Waals surface area contributed by atoms with Gasteiger partial charge in [-0.1, -0.05) is 35.7 Å². The summed E-state index contributed by atoms with van der Waals surface area (Å²) in [5, 5.41) is 3.60. The molecular weight excluding hydrogens is 242 g/mol. The summed E-state index contributed by atoms with van der Waals surface area (Å²) in [4.78, 5) is 0. The number of nitrogens with one attached hydrogen (secondary N) is 1. The fraction of sp³-hybridized carbons (Fsp3) is 0.625. The lowest BCUT2D eigenvalue weighted by molar-refractivity contribution is 0.395. The molecule has 1 saturated carbocycles. The summed E-state index contributed by atoms with van der Waals surface area (Å²) < 4.78 is 0. The number of hydrogen-bond acceptors (Lipinski definition) is 1. The molecule has 0 amide bonds. The predicted molar refractivity (Wildman–Crippen MR) is 79.2 cm³/mol. The lowest BCUT2D eigenvalue weighted by atomic mass is 9.98. The van der Waals surface area contributed by atoms with Crippen LogP contribution in [0.15, 0.2) is 18.2 Å². The van der Waals surface area contributed by atoms with E-state index in [0.717, 1.165) is 30.8 Å². The van der Waals surface area contributed by atoms with Crippen molar-refractivity contribution in [2.45, 2.75) is 39.7 Å². The molecule has 18 heavy (non-hydrogen) atoms.